The van der Waals surface area contributed by atoms with Gasteiger partial charge in [-0.1, -0.05) is 18.2 Å². The monoisotopic (exact) mass is 165 g/mol. The lowest BCUT2D eigenvalue weighted by atomic mass is 10.1. The molecule has 2 N–H and O–H groups in total. The topological polar surface area (TPSA) is 26.0 Å². The van der Waals surface area contributed by atoms with Crippen molar-refractivity contribution in [1.29, 1.82) is 0 Å². The molecule has 0 spiro atoms. The summed E-state index contributed by atoms with van der Waals surface area (Å²) in [5, 5.41) is 0. The summed E-state index contributed by atoms with van der Waals surface area (Å²) in [5.74, 6) is -0.262. The predicted octanol–water partition coefficient (Wildman–Crippen LogP) is 2.32. The van der Waals surface area contributed by atoms with Crippen molar-refractivity contribution in [1.82, 2.24) is 0 Å². The SMILES string of the molecule is C=C[C@@H](N)c1ccc(C)cc1F. The average Bonchev–Trinajstić information content (AvgIpc) is 2.03. The molecule has 1 aromatic rings. The molecule has 1 atom stereocenters. The van der Waals surface area contributed by atoms with Gasteiger partial charge in [-0.25, -0.2) is 4.39 Å². The lowest BCUT2D eigenvalue weighted by molar-refractivity contribution is 0.601. The minimum Gasteiger partial charge on any atom is -0.321 e. The van der Waals surface area contributed by atoms with Gasteiger partial charge in [0.1, 0.15) is 5.82 Å². The van der Waals surface area contributed by atoms with Crippen LogP contribution in [-0.4, -0.2) is 0 Å². The normalized spacial score (nSPS) is 12.6. The van der Waals surface area contributed by atoms with Crippen LogP contribution >= 0.6 is 0 Å². The molecule has 0 aliphatic rings. The Bertz CT molecular complexity index is 294. The Labute approximate surface area is 71.7 Å². The Balaban J connectivity index is 3.09. The highest BCUT2D eigenvalue weighted by atomic mass is 19.1. The van der Waals surface area contributed by atoms with E-state index >= 15 is 0 Å². The summed E-state index contributed by atoms with van der Waals surface area (Å²) in [6.45, 7) is 5.35. The maximum Gasteiger partial charge on any atom is 0.128 e. The van der Waals surface area contributed by atoms with Gasteiger partial charge in [-0.3, -0.25) is 0 Å². The number of hydrogen-bond acceptors (Lipinski definition) is 1. The van der Waals surface area contributed by atoms with Gasteiger partial charge in [0.2, 0.25) is 0 Å². The molecule has 0 saturated heterocycles. The minimum atomic E-state index is -0.411. The molecule has 1 rings (SSSR count). The van der Waals surface area contributed by atoms with Crippen molar-refractivity contribution in [2.24, 2.45) is 5.73 Å². The Morgan fingerprint density at radius 1 is 1.58 bits per heavy atom. The second-order valence-electron chi connectivity index (χ2n) is 2.79. The highest BCUT2D eigenvalue weighted by molar-refractivity contribution is 5.27. The number of halogens is 1. The molecule has 0 radical (unpaired) electrons. The van der Waals surface area contributed by atoms with E-state index in [-0.39, 0.29) is 5.82 Å². The molecular weight excluding hydrogens is 153 g/mol. The van der Waals surface area contributed by atoms with Crippen LogP contribution in [0.25, 0.3) is 0 Å². The molecule has 2 heteroatoms. The fourth-order valence-electron chi connectivity index (χ4n) is 1.03. The standard InChI is InChI=1S/C10H12FN/c1-3-10(12)8-5-4-7(2)6-9(8)11/h3-6,10H,1,12H2,2H3/t10-/m1/s1. The van der Waals surface area contributed by atoms with Crippen LogP contribution in [0.15, 0.2) is 30.9 Å². The molecule has 0 unspecified atom stereocenters. The number of aryl methyl sites for hydroxylation is 1. The molecule has 0 aliphatic carbocycles. The first-order chi connectivity index (χ1) is 5.65. The Hall–Kier alpha value is -1.15. The zero-order valence-corrected chi connectivity index (χ0v) is 7.05. The first kappa shape index (κ1) is 8.94. The first-order valence-corrected chi connectivity index (χ1v) is 3.79. The van der Waals surface area contributed by atoms with Crippen molar-refractivity contribution in [3.8, 4) is 0 Å². The zero-order chi connectivity index (χ0) is 9.14. The number of hydrogen-bond donors (Lipinski definition) is 1. The number of rotatable bonds is 2. The molecule has 0 saturated carbocycles. The van der Waals surface area contributed by atoms with Gasteiger partial charge < -0.3 is 5.73 Å². The van der Waals surface area contributed by atoms with Crippen LogP contribution in [0.1, 0.15) is 17.2 Å². The third kappa shape index (κ3) is 1.71. The highest BCUT2D eigenvalue weighted by Crippen LogP contribution is 2.16. The van der Waals surface area contributed by atoms with E-state index in [0.717, 1.165) is 5.56 Å². The van der Waals surface area contributed by atoms with Gasteiger partial charge >= 0.3 is 0 Å². The third-order valence-corrected chi connectivity index (χ3v) is 1.77. The molecular formula is C10H12FN. The molecule has 1 aromatic carbocycles. The summed E-state index contributed by atoms with van der Waals surface area (Å²) in [5.41, 5.74) is 6.98. The van der Waals surface area contributed by atoms with Crippen LogP contribution in [0.4, 0.5) is 4.39 Å². The van der Waals surface area contributed by atoms with Crippen molar-refractivity contribution in [2.75, 3.05) is 0 Å². The summed E-state index contributed by atoms with van der Waals surface area (Å²) >= 11 is 0. The van der Waals surface area contributed by atoms with E-state index in [9.17, 15) is 4.39 Å². The largest absolute Gasteiger partial charge is 0.321 e. The summed E-state index contributed by atoms with van der Waals surface area (Å²) < 4.78 is 13.2. The van der Waals surface area contributed by atoms with E-state index in [1.54, 1.807) is 6.07 Å². The summed E-state index contributed by atoms with van der Waals surface area (Å²) in [6.07, 6.45) is 1.52. The summed E-state index contributed by atoms with van der Waals surface area (Å²) in [4.78, 5) is 0. The van der Waals surface area contributed by atoms with Crippen molar-refractivity contribution in [3.63, 3.8) is 0 Å². The van der Waals surface area contributed by atoms with Gasteiger partial charge in [0.25, 0.3) is 0 Å². The molecule has 0 fully saturated rings. The van der Waals surface area contributed by atoms with Gasteiger partial charge in [0, 0.05) is 5.56 Å². The number of benzene rings is 1. The minimum absolute atomic E-state index is 0.262. The van der Waals surface area contributed by atoms with Crippen LogP contribution < -0.4 is 5.73 Å². The Morgan fingerprint density at radius 3 is 2.75 bits per heavy atom. The van der Waals surface area contributed by atoms with Gasteiger partial charge in [0.15, 0.2) is 0 Å². The van der Waals surface area contributed by atoms with Gasteiger partial charge in [0.05, 0.1) is 6.04 Å². The van der Waals surface area contributed by atoms with Gasteiger partial charge in [-0.2, -0.15) is 0 Å². The van der Waals surface area contributed by atoms with Gasteiger partial charge in [-0.15, -0.1) is 6.58 Å². The molecule has 0 bridgehead atoms. The van der Waals surface area contributed by atoms with Crippen LogP contribution in [0.3, 0.4) is 0 Å². The molecule has 1 nitrogen and oxygen atoms in total. The van der Waals surface area contributed by atoms with E-state index in [0.29, 0.717) is 5.56 Å². The van der Waals surface area contributed by atoms with Crippen LogP contribution in [0.5, 0.6) is 0 Å². The molecule has 0 amide bonds. The van der Waals surface area contributed by atoms with Crippen molar-refractivity contribution in [2.45, 2.75) is 13.0 Å². The molecule has 0 heterocycles. The van der Waals surface area contributed by atoms with Crippen molar-refractivity contribution < 1.29 is 4.39 Å². The fourth-order valence-corrected chi connectivity index (χ4v) is 1.03. The highest BCUT2D eigenvalue weighted by Gasteiger charge is 2.06. The number of nitrogens with two attached hydrogens (primary N) is 1. The van der Waals surface area contributed by atoms with E-state index in [1.165, 1.54) is 12.1 Å². The summed E-state index contributed by atoms with van der Waals surface area (Å²) in [6, 6.07) is 4.59. The molecule has 12 heavy (non-hydrogen) atoms. The molecule has 64 valence electrons. The zero-order valence-electron chi connectivity index (χ0n) is 7.05. The van der Waals surface area contributed by atoms with Crippen molar-refractivity contribution in [3.05, 3.63) is 47.8 Å². The lowest BCUT2D eigenvalue weighted by Crippen LogP contribution is -2.08. The first-order valence-electron chi connectivity index (χ1n) is 3.79. The lowest BCUT2D eigenvalue weighted by Gasteiger charge is -2.07. The van der Waals surface area contributed by atoms with Crippen LogP contribution in [0, 0.1) is 12.7 Å². The smallest absolute Gasteiger partial charge is 0.128 e. The second kappa shape index (κ2) is 3.50. The maximum atomic E-state index is 13.2. The Kier molecular flexibility index (Phi) is 2.61. The average molecular weight is 165 g/mol. The van der Waals surface area contributed by atoms with E-state index in [4.69, 9.17) is 5.73 Å². The van der Waals surface area contributed by atoms with E-state index in [2.05, 4.69) is 6.58 Å². The molecule has 0 aliphatic heterocycles. The van der Waals surface area contributed by atoms with Crippen LogP contribution in [0.2, 0.25) is 0 Å². The third-order valence-electron chi connectivity index (χ3n) is 1.77. The predicted molar refractivity (Wildman–Crippen MR) is 48.3 cm³/mol. The van der Waals surface area contributed by atoms with E-state index < -0.39 is 6.04 Å². The van der Waals surface area contributed by atoms with Crippen molar-refractivity contribution >= 4 is 0 Å². The maximum absolute atomic E-state index is 13.2. The second-order valence-corrected chi connectivity index (χ2v) is 2.79. The fraction of sp³-hybridized carbons (Fsp3) is 0.200. The van der Waals surface area contributed by atoms with Crippen LogP contribution in [-0.2, 0) is 0 Å². The van der Waals surface area contributed by atoms with E-state index in [1.807, 2.05) is 13.0 Å². The summed E-state index contributed by atoms with van der Waals surface area (Å²) in [7, 11) is 0. The quantitative estimate of drug-likeness (QED) is 0.669. The van der Waals surface area contributed by atoms with Gasteiger partial charge in [-0.05, 0) is 18.6 Å². The Morgan fingerprint density at radius 2 is 2.25 bits per heavy atom. The molecule has 0 aromatic heterocycles.